The molecule has 0 spiro atoms. The van der Waals surface area contributed by atoms with Gasteiger partial charge in [-0.3, -0.25) is 14.4 Å². The molecule has 0 aromatic heterocycles. The minimum Gasteiger partial charge on any atom is -0.469 e. The van der Waals surface area contributed by atoms with E-state index in [1.807, 2.05) is 24.3 Å². The van der Waals surface area contributed by atoms with Gasteiger partial charge in [-0.25, -0.2) is 0 Å². The summed E-state index contributed by atoms with van der Waals surface area (Å²) in [6.07, 6.45) is 6.20. The van der Waals surface area contributed by atoms with Crippen LogP contribution in [0.25, 0.3) is 6.08 Å². The molecule has 0 saturated heterocycles. The Hall–Kier alpha value is -2.63. The maximum absolute atomic E-state index is 12.1. The summed E-state index contributed by atoms with van der Waals surface area (Å²) in [5, 5.41) is 2.68. The molecule has 0 aliphatic carbocycles. The summed E-state index contributed by atoms with van der Waals surface area (Å²) in [6.45, 7) is 0.242. The van der Waals surface area contributed by atoms with Gasteiger partial charge in [0.1, 0.15) is 0 Å². The Morgan fingerprint density at radius 2 is 1.96 bits per heavy atom. The molecular weight excluding hydrogens is 320 g/mol. The van der Waals surface area contributed by atoms with E-state index in [0.29, 0.717) is 12.0 Å². The van der Waals surface area contributed by atoms with Crippen molar-refractivity contribution >= 4 is 23.9 Å². The van der Waals surface area contributed by atoms with Crippen molar-refractivity contribution in [3.8, 4) is 0 Å². The van der Waals surface area contributed by atoms with Gasteiger partial charge >= 0.3 is 5.97 Å². The summed E-state index contributed by atoms with van der Waals surface area (Å²) in [6, 6.07) is 7.23. The third-order valence-electron chi connectivity index (χ3n) is 3.56. The fourth-order valence-corrected chi connectivity index (χ4v) is 2.08. The van der Waals surface area contributed by atoms with Gasteiger partial charge in [0.25, 0.3) is 5.91 Å². The number of hydrogen-bond acceptors (Lipinski definition) is 4. The van der Waals surface area contributed by atoms with Crippen LogP contribution in [0.2, 0.25) is 0 Å². The molecule has 2 amide bonds. The van der Waals surface area contributed by atoms with Gasteiger partial charge in [-0.05, 0) is 30.5 Å². The van der Waals surface area contributed by atoms with E-state index in [2.05, 4.69) is 10.1 Å². The van der Waals surface area contributed by atoms with Crippen molar-refractivity contribution in [3.63, 3.8) is 0 Å². The molecule has 1 aromatic carbocycles. The van der Waals surface area contributed by atoms with Crippen LogP contribution < -0.4 is 5.32 Å². The molecule has 0 heterocycles. The van der Waals surface area contributed by atoms with Gasteiger partial charge in [-0.2, -0.15) is 0 Å². The number of amides is 2. The predicted molar refractivity (Wildman–Crippen MR) is 97.0 cm³/mol. The molecule has 0 aliphatic rings. The number of carbonyl (C=O) groups excluding carboxylic acids is 3. The Bertz CT molecular complexity index is 624. The Morgan fingerprint density at radius 1 is 1.20 bits per heavy atom. The molecule has 136 valence electrons. The van der Waals surface area contributed by atoms with Gasteiger partial charge in [-0.1, -0.05) is 24.3 Å². The van der Waals surface area contributed by atoms with E-state index in [1.165, 1.54) is 7.11 Å². The molecule has 0 atom stereocenters. The maximum atomic E-state index is 12.1. The van der Waals surface area contributed by atoms with Crippen LogP contribution in [0.3, 0.4) is 0 Å². The topological polar surface area (TPSA) is 75.7 Å². The SMILES string of the molecule is COC(=O)CCNC(=O)c1cccc(/C=C\CCCC(=O)N(C)C)c1. The van der Waals surface area contributed by atoms with E-state index in [4.69, 9.17) is 0 Å². The third-order valence-corrected chi connectivity index (χ3v) is 3.56. The fourth-order valence-electron chi connectivity index (χ4n) is 2.08. The summed E-state index contributed by atoms with van der Waals surface area (Å²) < 4.78 is 4.53. The summed E-state index contributed by atoms with van der Waals surface area (Å²) in [4.78, 5) is 36.1. The van der Waals surface area contributed by atoms with Crippen molar-refractivity contribution in [2.24, 2.45) is 0 Å². The van der Waals surface area contributed by atoms with Gasteiger partial charge in [0.15, 0.2) is 0 Å². The summed E-state index contributed by atoms with van der Waals surface area (Å²) in [5.41, 5.74) is 1.45. The van der Waals surface area contributed by atoms with E-state index in [-0.39, 0.29) is 30.7 Å². The lowest BCUT2D eigenvalue weighted by atomic mass is 10.1. The van der Waals surface area contributed by atoms with Crippen LogP contribution in [-0.4, -0.2) is 50.4 Å². The second-order valence-electron chi connectivity index (χ2n) is 5.79. The summed E-state index contributed by atoms with van der Waals surface area (Å²) >= 11 is 0. The van der Waals surface area contributed by atoms with Gasteiger partial charge < -0.3 is 15.0 Å². The predicted octanol–water partition coefficient (Wildman–Crippen LogP) is 2.25. The Labute approximate surface area is 148 Å². The minimum atomic E-state index is -0.357. The number of unbranched alkanes of at least 4 members (excludes halogenated alkanes) is 1. The molecule has 25 heavy (non-hydrogen) atoms. The number of carbonyl (C=O) groups is 3. The molecule has 0 saturated carbocycles. The standard InChI is InChI=1S/C19H26N2O4/c1-21(2)17(22)11-6-4-5-8-15-9-7-10-16(14-15)19(24)20-13-12-18(23)25-3/h5,7-10,14H,4,6,11-13H2,1-3H3,(H,20,24)/b8-5-. The van der Waals surface area contributed by atoms with Crippen LogP contribution in [0, 0.1) is 0 Å². The second-order valence-corrected chi connectivity index (χ2v) is 5.79. The number of esters is 1. The molecule has 0 aliphatic heterocycles. The number of ether oxygens (including phenoxy) is 1. The van der Waals surface area contributed by atoms with Crippen LogP contribution in [0.15, 0.2) is 30.3 Å². The number of nitrogens with one attached hydrogen (secondary N) is 1. The third kappa shape index (κ3) is 8.15. The first-order valence-electron chi connectivity index (χ1n) is 8.26. The molecule has 0 radical (unpaired) electrons. The first-order chi connectivity index (χ1) is 11.9. The molecule has 6 nitrogen and oxygen atoms in total. The van der Waals surface area contributed by atoms with E-state index >= 15 is 0 Å². The van der Waals surface area contributed by atoms with Crippen LogP contribution >= 0.6 is 0 Å². The lowest BCUT2D eigenvalue weighted by Crippen LogP contribution is -2.26. The van der Waals surface area contributed by atoms with Gasteiger partial charge in [0.05, 0.1) is 13.5 Å². The number of benzene rings is 1. The molecule has 0 bridgehead atoms. The van der Waals surface area contributed by atoms with Gasteiger partial charge in [0.2, 0.25) is 5.91 Å². The zero-order valence-electron chi connectivity index (χ0n) is 15.1. The van der Waals surface area contributed by atoms with Crippen molar-refractivity contribution in [2.45, 2.75) is 25.7 Å². The molecule has 1 N–H and O–H groups in total. The largest absolute Gasteiger partial charge is 0.469 e. The van der Waals surface area contributed by atoms with Gasteiger partial charge in [0, 0.05) is 32.6 Å². The van der Waals surface area contributed by atoms with Crippen molar-refractivity contribution in [2.75, 3.05) is 27.7 Å². The van der Waals surface area contributed by atoms with Crippen LogP contribution in [0.4, 0.5) is 0 Å². The summed E-state index contributed by atoms with van der Waals surface area (Å²) in [5.74, 6) is -0.459. The lowest BCUT2D eigenvalue weighted by Gasteiger charge is -2.08. The molecule has 1 rings (SSSR count). The summed E-state index contributed by atoms with van der Waals surface area (Å²) in [7, 11) is 4.82. The molecule has 6 heteroatoms. The van der Waals surface area contributed by atoms with E-state index < -0.39 is 0 Å². The molecule has 0 fully saturated rings. The lowest BCUT2D eigenvalue weighted by molar-refractivity contribution is -0.140. The number of nitrogens with zero attached hydrogens (tertiary/aromatic N) is 1. The number of allylic oxidation sites excluding steroid dienone is 1. The van der Waals surface area contributed by atoms with E-state index in [9.17, 15) is 14.4 Å². The first-order valence-corrected chi connectivity index (χ1v) is 8.26. The van der Waals surface area contributed by atoms with Crippen molar-refractivity contribution in [3.05, 3.63) is 41.5 Å². The number of methoxy groups -OCH3 is 1. The Balaban J connectivity index is 2.45. The van der Waals surface area contributed by atoms with Crippen molar-refractivity contribution in [1.82, 2.24) is 10.2 Å². The highest BCUT2D eigenvalue weighted by Gasteiger charge is 2.07. The average Bonchev–Trinajstić information content (AvgIpc) is 2.61. The van der Waals surface area contributed by atoms with E-state index in [0.717, 1.165) is 18.4 Å². The first kappa shape index (κ1) is 20.4. The van der Waals surface area contributed by atoms with E-state index in [1.54, 1.807) is 31.1 Å². The molecule has 0 unspecified atom stereocenters. The number of hydrogen-bond donors (Lipinski definition) is 1. The quantitative estimate of drug-likeness (QED) is 0.550. The molecular formula is C19H26N2O4. The Kier molecular flexibility index (Phi) is 9.00. The minimum absolute atomic E-state index is 0.124. The molecule has 1 aromatic rings. The maximum Gasteiger partial charge on any atom is 0.307 e. The normalized spacial score (nSPS) is 10.5. The monoisotopic (exact) mass is 346 g/mol. The van der Waals surface area contributed by atoms with Crippen LogP contribution in [-0.2, 0) is 14.3 Å². The Morgan fingerprint density at radius 3 is 2.64 bits per heavy atom. The smallest absolute Gasteiger partial charge is 0.307 e. The zero-order chi connectivity index (χ0) is 18.7. The van der Waals surface area contributed by atoms with Crippen molar-refractivity contribution < 1.29 is 19.1 Å². The van der Waals surface area contributed by atoms with Gasteiger partial charge in [-0.15, -0.1) is 0 Å². The van der Waals surface area contributed by atoms with Crippen LogP contribution in [0.1, 0.15) is 41.6 Å². The fraction of sp³-hybridized carbons (Fsp3) is 0.421. The average molecular weight is 346 g/mol. The van der Waals surface area contributed by atoms with Crippen LogP contribution in [0.5, 0.6) is 0 Å². The van der Waals surface area contributed by atoms with Crippen molar-refractivity contribution in [1.29, 1.82) is 0 Å². The highest BCUT2D eigenvalue weighted by molar-refractivity contribution is 5.94. The zero-order valence-corrected chi connectivity index (χ0v) is 15.1. The second kappa shape index (κ2) is 11.0. The highest BCUT2D eigenvalue weighted by Crippen LogP contribution is 2.09. The highest BCUT2D eigenvalue weighted by atomic mass is 16.5. The number of rotatable bonds is 9.